The monoisotopic (exact) mass is 384 g/mol. The Morgan fingerprint density at radius 1 is 1.08 bits per heavy atom. The standard InChI is InChI=1S/C20H20N2O2S2/c23-18(15-5-2-1-3-6-15)13-26-20(25)21-10-14-9-16(12-21)17-7-4-8-19(24)22(17)11-14/h1-8,14,16H,9-13H2/t14-,16+/m0/s1. The third-order valence-corrected chi connectivity index (χ3v) is 6.68. The maximum Gasteiger partial charge on any atom is 0.250 e. The van der Waals surface area contributed by atoms with Gasteiger partial charge >= 0.3 is 0 Å². The van der Waals surface area contributed by atoms with Gasteiger partial charge in [-0.3, -0.25) is 9.59 Å². The minimum absolute atomic E-state index is 0.0936. The molecule has 2 aliphatic heterocycles. The largest absolute Gasteiger partial charge is 0.356 e. The lowest BCUT2D eigenvalue weighted by Gasteiger charge is -2.43. The van der Waals surface area contributed by atoms with E-state index in [1.165, 1.54) is 11.8 Å². The van der Waals surface area contributed by atoms with Crippen LogP contribution in [0, 0.1) is 5.92 Å². The number of thioether (sulfide) groups is 1. The maximum atomic E-state index is 12.3. The molecular formula is C20H20N2O2S2. The van der Waals surface area contributed by atoms with Gasteiger partial charge in [-0.1, -0.05) is 60.4 Å². The number of hydrogen-bond acceptors (Lipinski definition) is 4. The summed E-state index contributed by atoms with van der Waals surface area (Å²) in [5, 5.41) is 0. The topological polar surface area (TPSA) is 42.3 Å². The summed E-state index contributed by atoms with van der Waals surface area (Å²) in [7, 11) is 0. The summed E-state index contributed by atoms with van der Waals surface area (Å²) in [5.74, 6) is 1.24. The number of thiocarbonyl (C=S) groups is 1. The van der Waals surface area contributed by atoms with Crippen LogP contribution in [0.5, 0.6) is 0 Å². The Morgan fingerprint density at radius 2 is 1.88 bits per heavy atom. The Bertz CT molecular complexity index is 894. The molecule has 0 radical (unpaired) electrons. The number of aromatic nitrogens is 1. The first-order chi connectivity index (χ1) is 12.6. The van der Waals surface area contributed by atoms with Gasteiger partial charge in [0.15, 0.2) is 5.78 Å². The number of carbonyl (C=O) groups is 1. The Labute approximate surface area is 162 Å². The Kier molecular flexibility index (Phi) is 4.96. The molecule has 134 valence electrons. The SMILES string of the molecule is O=C(CSC(=S)N1C[C@@H]2C[C@H](C1)c1cccc(=O)n1C2)c1ccccc1. The molecule has 2 atom stereocenters. The number of hydrogen-bond donors (Lipinski definition) is 0. The van der Waals surface area contributed by atoms with Crippen molar-refractivity contribution in [1.29, 1.82) is 0 Å². The van der Waals surface area contributed by atoms with Crippen molar-refractivity contribution >= 4 is 34.1 Å². The third-order valence-electron chi connectivity index (χ3n) is 5.16. The molecule has 2 aromatic rings. The van der Waals surface area contributed by atoms with Crippen LogP contribution in [0.25, 0.3) is 0 Å². The second-order valence-electron chi connectivity index (χ2n) is 6.95. The summed E-state index contributed by atoms with van der Waals surface area (Å²) in [4.78, 5) is 26.6. The molecule has 4 nitrogen and oxygen atoms in total. The molecule has 26 heavy (non-hydrogen) atoms. The molecule has 0 amide bonds. The van der Waals surface area contributed by atoms with Crippen LogP contribution >= 0.6 is 24.0 Å². The number of nitrogens with zero attached hydrogens (tertiary/aromatic N) is 2. The van der Waals surface area contributed by atoms with Crippen molar-refractivity contribution in [1.82, 2.24) is 9.47 Å². The zero-order chi connectivity index (χ0) is 18.1. The second kappa shape index (κ2) is 7.37. The second-order valence-corrected chi connectivity index (χ2v) is 8.56. The first-order valence-electron chi connectivity index (χ1n) is 8.81. The van der Waals surface area contributed by atoms with Crippen LogP contribution in [-0.2, 0) is 6.54 Å². The van der Waals surface area contributed by atoms with Crippen molar-refractivity contribution in [2.75, 3.05) is 18.8 Å². The van der Waals surface area contributed by atoms with Gasteiger partial charge in [0.1, 0.15) is 4.32 Å². The quantitative estimate of drug-likeness (QED) is 0.601. The summed E-state index contributed by atoms with van der Waals surface area (Å²) in [6.07, 6.45) is 1.11. The molecule has 1 aromatic heterocycles. The summed E-state index contributed by atoms with van der Waals surface area (Å²) < 4.78 is 2.71. The van der Waals surface area contributed by atoms with Gasteiger partial charge in [0.05, 0.1) is 5.75 Å². The number of ketones is 1. The Balaban J connectivity index is 1.41. The van der Waals surface area contributed by atoms with Crippen molar-refractivity contribution in [3.63, 3.8) is 0 Å². The van der Waals surface area contributed by atoms with Crippen LogP contribution in [0.2, 0.25) is 0 Å². The number of piperidine rings is 1. The first-order valence-corrected chi connectivity index (χ1v) is 10.2. The highest BCUT2D eigenvalue weighted by Crippen LogP contribution is 2.36. The lowest BCUT2D eigenvalue weighted by Crippen LogP contribution is -2.48. The van der Waals surface area contributed by atoms with Crippen LogP contribution in [-0.4, -0.2) is 38.4 Å². The van der Waals surface area contributed by atoms with E-state index in [1.54, 1.807) is 6.07 Å². The maximum absolute atomic E-state index is 12.3. The Morgan fingerprint density at radius 3 is 2.69 bits per heavy atom. The summed E-state index contributed by atoms with van der Waals surface area (Å²) >= 11 is 7.06. The van der Waals surface area contributed by atoms with E-state index in [0.717, 1.165) is 41.6 Å². The summed E-state index contributed by atoms with van der Waals surface area (Å²) in [5.41, 5.74) is 1.94. The molecule has 1 saturated heterocycles. The van der Waals surface area contributed by atoms with E-state index in [2.05, 4.69) is 11.0 Å². The van der Waals surface area contributed by atoms with E-state index in [0.29, 0.717) is 17.6 Å². The number of Topliss-reactive ketones (excluding diaryl/α,β-unsaturated/α-hetero) is 1. The molecule has 1 aromatic carbocycles. The van der Waals surface area contributed by atoms with E-state index in [1.807, 2.05) is 41.0 Å². The number of rotatable bonds is 3. The molecule has 2 bridgehead atoms. The van der Waals surface area contributed by atoms with E-state index >= 15 is 0 Å². The number of fused-ring (bicyclic) bond motifs is 4. The fourth-order valence-corrected chi connectivity index (χ4v) is 5.05. The highest BCUT2D eigenvalue weighted by atomic mass is 32.2. The van der Waals surface area contributed by atoms with Gasteiger partial charge < -0.3 is 9.47 Å². The molecular weight excluding hydrogens is 364 g/mol. The van der Waals surface area contributed by atoms with Crippen LogP contribution in [0.3, 0.4) is 0 Å². The van der Waals surface area contributed by atoms with Gasteiger partial charge in [0, 0.05) is 42.9 Å². The van der Waals surface area contributed by atoms with Crippen molar-refractivity contribution in [3.05, 3.63) is 70.1 Å². The van der Waals surface area contributed by atoms with E-state index < -0.39 is 0 Å². The number of carbonyl (C=O) groups excluding carboxylic acids is 1. The van der Waals surface area contributed by atoms with Gasteiger partial charge in [-0.05, 0) is 18.4 Å². The lowest BCUT2D eigenvalue weighted by atomic mass is 9.83. The number of likely N-dealkylation sites (tertiary alicyclic amines) is 1. The molecule has 3 heterocycles. The van der Waals surface area contributed by atoms with Crippen LogP contribution in [0.4, 0.5) is 0 Å². The minimum atomic E-state index is 0.0936. The molecule has 0 saturated carbocycles. The first kappa shape index (κ1) is 17.5. The van der Waals surface area contributed by atoms with Crippen LogP contribution in [0.15, 0.2) is 53.3 Å². The molecule has 1 fully saturated rings. The smallest absolute Gasteiger partial charge is 0.250 e. The normalized spacial score (nSPS) is 21.2. The molecule has 0 spiro atoms. The average molecular weight is 385 g/mol. The third kappa shape index (κ3) is 3.48. The fraction of sp³-hybridized carbons (Fsp3) is 0.350. The van der Waals surface area contributed by atoms with Crippen LogP contribution in [0.1, 0.15) is 28.4 Å². The van der Waals surface area contributed by atoms with Gasteiger partial charge in [-0.25, -0.2) is 0 Å². The Hall–Kier alpha value is -1.92. The molecule has 6 heteroatoms. The highest BCUT2D eigenvalue weighted by molar-refractivity contribution is 8.23. The van der Waals surface area contributed by atoms with Gasteiger partial charge in [0.2, 0.25) is 0 Å². The van der Waals surface area contributed by atoms with Crippen molar-refractivity contribution < 1.29 is 4.79 Å². The number of pyridine rings is 1. The predicted molar refractivity (Wildman–Crippen MR) is 109 cm³/mol. The fourth-order valence-electron chi connectivity index (χ4n) is 3.97. The molecule has 0 aliphatic carbocycles. The van der Waals surface area contributed by atoms with Crippen molar-refractivity contribution in [3.8, 4) is 0 Å². The van der Waals surface area contributed by atoms with Crippen LogP contribution < -0.4 is 5.56 Å². The minimum Gasteiger partial charge on any atom is -0.356 e. The predicted octanol–water partition coefficient (Wildman–Crippen LogP) is 3.17. The zero-order valence-corrected chi connectivity index (χ0v) is 16.0. The molecule has 0 N–H and O–H groups in total. The van der Waals surface area contributed by atoms with Gasteiger partial charge in [-0.15, -0.1) is 0 Å². The van der Waals surface area contributed by atoms with E-state index in [-0.39, 0.29) is 11.3 Å². The summed E-state index contributed by atoms with van der Waals surface area (Å²) in [6, 6.07) is 14.9. The highest BCUT2D eigenvalue weighted by Gasteiger charge is 2.35. The lowest BCUT2D eigenvalue weighted by molar-refractivity contribution is 0.102. The van der Waals surface area contributed by atoms with Crippen molar-refractivity contribution in [2.24, 2.45) is 5.92 Å². The van der Waals surface area contributed by atoms with Gasteiger partial charge in [-0.2, -0.15) is 0 Å². The van der Waals surface area contributed by atoms with E-state index in [9.17, 15) is 9.59 Å². The number of benzene rings is 1. The molecule has 4 rings (SSSR count). The average Bonchev–Trinajstić information content (AvgIpc) is 2.67. The zero-order valence-electron chi connectivity index (χ0n) is 14.3. The molecule has 2 aliphatic rings. The molecule has 0 unspecified atom stereocenters. The summed E-state index contributed by atoms with van der Waals surface area (Å²) in [6.45, 7) is 2.45. The van der Waals surface area contributed by atoms with E-state index in [4.69, 9.17) is 12.2 Å². The van der Waals surface area contributed by atoms with Gasteiger partial charge in [0.25, 0.3) is 5.56 Å². The van der Waals surface area contributed by atoms with Crippen molar-refractivity contribution in [2.45, 2.75) is 18.9 Å².